The molecule has 0 amide bonds. The SMILES string of the molecule is CCOC(=O)C1=C(N)Oc2c(c(=O)oc3ccccc23)C1c1c(C)[nH]c2ccccc12. The van der Waals surface area contributed by atoms with Gasteiger partial charge in [0.2, 0.25) is 5.88 Å². The summed E-state index contributed by atoms with van der Waals surface area (Å²) in [6.07, 6.45) is 0. The molecule has 1 aliphatic heterocycles. The van der Waals surface area contributed by atoms with Crippen LogP contribution in [0.1, 0.15) is 29.7 Å². The summed E-state index contributed by atoms with van der Waals surface area (Å²) in [5.41, 5.74) is 8.83. The number of ether oxygens (including phenoxy) is 2. The minimum Gasteiger partial charge on any atom is -0.462 e. The first-order valence-corrected chi connectivity index (χ1v) is 9.98. The zero-order valence-electron chi connectivity index (χ0n) is 17.0. The van der Waals surface area contributed by atoms with E-state index < -0.39 is 17.5 Å². The summed E-state index contributed by atoms with van der Waals surface area (Å²) in [5, 5.41) is 1.48. The predicted octanol–water partition coefficient (Wildman–Crippen LogP) is 3.84. The van der Waals surface area contributed by atoms with E-state index in [0.717, 1.165) is 22.2 Å². The Morgan fingerprint density at radius 1 is 1.10 bits per heavy atom. The van der Waals surface area contributed by atoms with Crippen LogP contribution in [0, 0.1) is 6.92 Å². The topological polar surface area (TPSA) is 108 Å². The van der Waals surface area contributed by atoms with Crippen LogP contribution in [0.2, 0.25) is 0 Å². The lowest BCUT2D eigenvalue weighted by atomic mass is 9.82. The molecule has 1 unspecified atom stereocenters. The van der Waals surface area contributed by atoms with Crippen molar-refractivity contribution in [1.29, 1.82) is 0 Å². The lowest BCUT2D eigenvalue weighted by Gasteiger charge is -2.28. The molecular weight excluding hydrogens is 396 g/mol. The minimum absolute atomic E-state index is 0.0867. The first-order chi connectivity index (χ1) is 15.0. The first-order valence-electron chi connectivity index (χ1n) is 9.98. The third kappa shape index (κ3) is 2.81. The van der Waals surface area contributed by atoms with Crippen LogP contribution in [0.3, 0.4) is 0 Å². The fourth-order valence-corrected chi connectivity index (χ4v) is 4.33. The van der Waals surface area contributed by atoms with Crippen LogP contribution < -0.4 is 16.1 Å². The number of rotatable bonds is 3. The molecule has 2 aromatic carbocycles. The monoisotopic (exact) mass is 416 g/mol. The number of fused-ring (bicyclic) bond motifs is 4. The number of esters is 1. The first kappa shape index (κ1) is 19.0. The fourth-order valence-electron chi connectivity index (χ4n) is 4.33. The van der Waals surface area contributed by atoms with Gasteiger partial charge in [0.15, 0.2) is 5.75 Å². The van der Waals surface area contributed by atoms with Crippen molar-refractivity contribution in [3.05, 3.63) is 87.2 Å². The second-order valence-corrected chi connectivity index (χ2v) is 7.37. The molecule has 0 saturated heterocycles. The Morgan fingerprint density at radius 3 is 2.58 bits per heavy atom. The van der Waals surface area contributed by atoms with E-state index >= 15 is 0 Å². The van der Waals surface area contributed by atoms with Crippen LogP contribution in [0.25, 0.3) is 21.9 Å². The molecule has 5 rings (SSSR count). The summed E-state index contributed by atoms with van der Waals surface area (Å²) in [5.74, 6) is -1.23. The molecule has 7 nitrogen and oxygen atoms in total. The van der Waals surface area contributed by atoms with E-state index in [1.54, 1.807) is 25.1 Å². The number of aromatic amines is 1. The summed E-state index contributed by atoms with van der Waals surface area (Å²) in [6.45, 7) is 3.76. The summed E-state index contributed by atoms with van der Waals surface area (Å²) in [6, 6.07) is 14.8. The molecule has 0 aliphatic carbocycles. The van der Waals surface area contributed by atoms with E-state index in [2.05, 4.69) is 4.98 Å². The molecule has 156 valence electrons. The molecule has 31 heavy (non-hydrogen) atoms. The number of nitrogens with one attached hydrogen (secondary N) is 1. The molecular formula is C24H20N2O5. The van der Waals surface area contributed by atoms with Crippen molar-refractivity contribution < 1.29 is 18.7 Å². The van der Waals surface area contributed by atoms with E-state index in [9.17, 15) is 9.59 Å². The summed E-state index contributed by atoms with van der Waals surface area (Å²) in [7, 11) is 0. The van der Waals surface area contributed by atoms with Crippen LogP contribution in [0.5, 0.6) is 5.75 Å². The molecule has 0 saturated carbocycles. The van der Waals surface area contributed by atoms with Crippen molar-refractivity contribution in [1.82, 2.24) is 4.98 Å². The van der Waals surface area contributed by atoms with Gasteiger partial charge >= 0.3 is 11.6 Å². The number of aryl methyl sites for hydroxylation is 1. The maximum absolute atomic E-state index is 13.2. The molecule has 1 aliphatic rings. The van der Waals surface area contributed by atoms with Crippen molar-refractivity contribution in [2.45, 2.75) is 19.8 Å². The van der Waals surface area contributed by atoms with E-state index in [4.69, 9.17) is 19.6 Å². The van der Waals surface area contributed by atoms with E-state index in [1.807, 2.05) is 37.3 Å². The lowest BCUT2D eigenvalue weighted by molar-refractivity contribution is -0.139. The molecule has 1 atom stereocenters. The number of nitrogens with two attached hydrogens (primary N) is 1. The van der Waals surface area contributed by atoms with Crippen molar-refractivity contribution in [2.75, 3.05) is 6.61 Å². The Bertz CT molecular complexity index is 1440. The van der Waals surface area contributed by atoms with Crippen LogP contribution in [0.15, 0.2) is 69.2 Å². The molecule has 7 heteroatoms. The van der Waals surface area contributed by atoms with Crippen molar-refractivity contribution in [3.8, 4) is 5.75 Å². The van der Waals surface area contributed by atoms with Gasteiger partial charge in [-0.05, 0) is 37.6 Å². The second-order valence-electron chi connectivity index (χ2n) is 7.37. The number of carbonyl (C=O) groups excluding carboxylic acids is 1. The average Bonchev–Trinajstić information content (AvgIpc) is 3.08. The lowest BCUT2D eigenvalue weighted by Crippen LogP contribution is -2.31. The third-order valence-electron chi connectivity index (χ3n) is 5.58. The highest BCUT2D eigenvalue weighted by molar-refractivity contribution is 5.97. The number of hydrogen-bond donors (Lipinski definition) is 2. The smallest absolute Gasteiger partial charge is 0.344 e. The highest BCUT2D eigenvalue weighted by Gasteiger charge is 2.41. The Labute approximate surface area is 177 Å². The van der Waals surface area contributed by atoms with Crippen LogP contribution in [0.4, 0.5) is 0 Å². The van der Waals surface area contributed by atoms with Gasteiger partial charge < -0.3 is 24.6 Å². The molecule has 3 N–H and O–H groups in total. The third-order valence-corrected chi connectivity index (χ3v) is 5.58. The Morgan fingerprint density at radius 2 is 1.81 bits per heavy atom. The van der Waals surface area contributed by atoms with E-state index in [0.29, 0.717) is 16.7 Å². The van der Waals surface area contributed by atoms with Crippen molar-refractivity contribution in [2.24, 2.45) is 5.73 Å². The normalized spacial score (nSPS) is 15.7. The summed E-state index contributed by atoms with van der Waals surface area (Å²) >= 11 is 0. The summed E-state index contributed by atoms with van der Waals surface area (Å²) in [4.78, 5) is 29.5. The Balaban J connectivity index is 1.90. The Kier molecular flexibility index (Phi) is 4.32. The number of para-hydroxylation sites is 2. The molecule has 4 aromatic rings. The van der Waals surface area contributed by atoms with Gasteiger partial charge in [-0.15, -0.1) is 0 Å². The van der Waals surface area contributed by atoms with Gasteiger partial charge in [0, 0.05) is 16.6 Å². The minimum atomic E-state index is -0.806. The highest BCUT2D eigenvalue weighted by Crippen LogP contribution is 2.46. The second kappa shape index (κ2) is 7.05. The molecule has 2 aromatic heterocycles. The summed E-state index contributed by atoms with van der Waals surface area (Å²) < 4.78 is 16.7. The number of aromatic nitrogens is 1. The zero-order valence-corrected chi connectivity index (χ0v) is 17.0. The van der Waals surface area contributed by atoms with E-state index in [-0.39, 0.29) is 23.6 Å². The Hall–Kier alpha value is -4.00. The predicted molar refractivity (Wildman–Crippen MR) is 116 cm³/mol. The van der Waals surface area contributed by atoms with Gasteiger partial charge in [-0.3, -0.25) is 0 Å². The van der Waals surface area contributed by atoms with Crippen LogP contribution >= 0.6 is 0 Å². The molecule has 0 bridgehead atoms. The number of H-pyrrole nitrogens is 1. The maximum Gasteiger partial charge on any atom is 0.344 e. The van der Waals surface area contributed by atoms with E-state index in [1.165, 1.54) is 0 Å². The largest absolute Gasteiger partial charge is 0.462 e. The van der Waals surface area contributed by atoms with Gasteiger partial charge in [-0.1, -0.05) is 30.3 Å². The van der Waals surface area contributed by atoms with Gasteiger partial charge in [0.25, 0.3) is 0 Å². The van der Waals surface area contributed by atoms with Gasteiger partial charge in [0.05, 0.1) is 23.5 Å². The highest BCUT2D eigenvalue weighted by atomic mass is 16.5. The van der Waals surface area contributed by atoms with Crippen molar-refractivity contribution >= 4 is 27.8 Å². The maximum atomic E-state index is 13.2. The standard InChI is InChI=1S/C24H20N2O5/c1-3-29-23(27)20-18(17-12(2)26-15-10-6-4-8-13(15)17)19-21(31-22(20)25)14-9-5-7-11-16(14)30-24(19)28/h4-11,18,26H,3,25H2,1-2H3. The number of benzene rings is 2. The molecule has 0 spiro atoms. The average molecular weight is 416 g/mol. The zero-order chi connectivity index (χ0) is 21.7. The van der Waals surface area contributed by atoms with Crippen LogP contribution in [-0.2, 0) is 9.53 Å². The fraction of sp³-hybridized carbons (Fsp3) is 0.167. The van der Waals surface area contributed by atoms with Gasteiger partial charge in [-0.2, -0.15) is 0 Å². The number of hydrogen-bond acceptors (Lipinski definition) is 6. The quantitative estimate of drug-likeness (QED) is 0.388. The van der Waals surface area contributed by atoms with Gasteiger partial charge in [0.1, 0.15) is 11.2 Å². The molecule has 0 radical (unpaired) electrons. The molecule has 0 fully saturated rings. The van der Waals surface area contributed by atoms with Crippen molar-refractivity contribution in [3.63, 3.8) is 0 Å². The molecule has 3 heterocycles. The van der Waals surface area contributed by atoms with Crippen LogP contribution in [-0.4, -0.2) is 17.6 Å². The number of carbonyl (C=O) groups is 1. The van der Waals surface area contributed by atoms with Gasteiger partial charge in [-0.25, -0.2) is 9.59 Å².